The van der Waals surface area contributed by atoms with E-state index in [4.69, 9.17) is 9.47 Å². The van der Waals surface area contributed by atoms with Crippen LogP contribution in [0, 0.1) is 17.8 Å². The Morgan fingerprint density at radius 2 is 1.04 bits per heavy atom. The number of carbonyl (C=O) groups excluding carboxylic acids is 2. The Labute approximate surface area is 305 Å². The van der Waals surface area contributed by atoms with Gasteiger partial charge in [0.1, 0.15) is 24.1 Å². The molecule has 0 aliphatic heterocycles. The zero-order valence-corrected chi connectivity index (χ0v) is 33.0. The van der Waals surface area contributed by atoms with Crippen LogP contribution in [0.5, 0.6) is 11.5 Å². The molecule has 0 aliphatic rings. The Hall–Kier alpha value is -3.94. The number of nitrogens with zero attached hydrogens (tertiary/aromatic N) is 1. The van der Waals surface area contributed by atoms with Crippen molar-refractivity contribution in [2.45, 2.75) is 57.3 Å². The van der Waals surface area contributed by atoms with Crippen LogP contribution in [0.3, 0.4) is 0 Å². The topological polar surface area (TPSA) is 55.8 Å². The fourth-order valence-electron chi connectivity index (χ4n) is 5.44. The highest BCUT2D eigenvalue weighted by Gasteiger charge is 2.21. The molecular weight excluding hydrogens is 659 g/mol. The normalized spacial score (nSPS) is 12.6. The van der Waals surface area contributed by atoms with Gasteiger partial charge in [0.25, 0.3) is 0 Å². The second-order valence-corrected chi connectivity index (χ2v) is 17.8. The van der Waals surface area contributed by atoms with E-state index >= 15 is 0 Å². The molecule has 4 aromatic carbocycles. The number of anilines is 1. The van der Waals surface area contributed by atoms with E-state index in [2.05, 4.69) is 84.2 Å². The standard InChI is InChI=1S/C22H29NO2S.C21H26O2S/c1-22(2,15-24)16-26(6)21-12-9-19(23(3)4)14-18(21)13-17-7-10-20(25-5)11-8-17;1-16-6-11-20(24(5)15-21(2,3)14-22)18(12-16)13-17-7-9-19(23-4)10-8-17/h7-12,14-15H,6,13,16H2,1-5H3;6-12,14H,5,13,15H2,1-4H3. The molecule has 5 nitrogen and oxygen atoms in total. The molecule has 4 aromatic rings. The fraction of sp³-hybridized carbons (Fsp3) is 0.349. The van der Waals surface area contributed by atoms with Crippen LogP contribution < -0.4 is 14.4 Å². The van der Waals surface area contributed by atoms with Gasteiger partial charge in [-0.3, -0.25) is 0 Å². The summed E-state index contributed by atoms with van der Waals surface area (Å²) in [5, 5.41) is 0. The molecular formula is C43H55NO4S2. The maximum Gasteiger partial charge on any atom is 0.126 e. The van der Waals surface area contributed by atoms with Gasteiger partial charge in [-0.05, 0) is 90.6 Å². The molecule has 0 saturated carbocycles. The van der Waals surface area contributed by atoms with Crippen LogP contribution in [-0.2, 0) is 22.4 Å². The van der Waals surface area contributed by atoms with Gasteiger partial charge < -0.3 is 24.0 Å². The van der Waals surface area contributed by atoms with Crippen molar-refractivity contribution in [2.24, 2.45) is 10.8 Å². The quantitative estimate of drug-likeness (QED) is 0.0908. The minimum atomic E-state index is -0.359. The monoisotopic (exact) mass is 713 g/mol. The SMILES string of the molecule is C=S(CC(C)(C)C=O)c1ccc(C)cc1Cc1ccc(OC)cc1.C=S(CC(C)(C)C=O)c1ccc(N(C)C)cc1Cc1ccc(OC)cc1. The van der Waals surface area contributed by atoms with E-state index in [9.17, 15) is 9.59 Å². The average molecular weight is 714 g/mol. The van der Waals surface area contributed by atoms with Crippen LogP contribution >= 0.6 is 21.0 Å². The zero-order chi connectivity index (χ0) is 37.1. The van der Waals surface area contributed by atoms with Gasteiger partial charge >= 0.3 is 0 Å². The number of ether oxygens (including phenoxy) is 2. The Morgan fingerprint density at radius 3 is 1.42 bits per heavy atom. The molecule has 0 saturated heterocycles. The molecule has 0 spiro atoms. The Bertz CT molecular complexity index is 1770. The van der Waals surface area contributed by atoms with Gasteiger partial charge in [0, 0.05) is 51.9 Å². The molecule has 268 valence electrons. The highest BCUT2D eigenvalue weighted by atomic mass is 32.2. The molecule has 0 N–H and O–H groups in total. The number of aryl methyl sites for hydroxylation is 1. The Kier molecular flexibility index (Phi) is 14.9. The van der Waals surface area contributed by atoms with E-state index < -0.39 is 0 Å². The lowest BCUT2D eigenvalue weighted by molar-refractivity contribution is -0.114. The first-order chi connectivity index (χ1) is 23.6. The van der Waals surface area contributed by atoms with Crippen LogP contribution in [0.15, 0.2) is 94.7 Å². The number of benzene rings is 4. The van der Waals surface area contributed by atoms with Gasteiger partial charge in [0.05, 0.1) is 14.2 Å². The summed E-state index contributed by atoms with van der Waals surface area (Å²) in [6.07, 6.45) is 3.77. The smallest absolute Gasteiger partial charge is 0.126 e. The van der Waals surface area contributed by atoms with Crippen LogP contribution in [0.2, 0.25) is 0 Å². The lowest BCUT2D eigenvalue weighted by Gasteiger charge is -2.23. The Balaban J connectivity index is 0.000000271. The second kappa shape index (κ2) is 18.3. The number of rotatable bonds is 15. The van der Waals surface area contributed by atoms with E-state index in [0.29, 0.717) is 0 Å². The van der Waals surface area contributed by atoms with Crippen LogP contribution in [0.4, 0.5) is 5.69 Å². The van der Waals surface area contributed by atoms with Crippen molar-refractivity contribution in [1.82, 2.24) is 0 Å². The van der Waals surface area contributed by atoms with E-state index in [1.54, 1.807) is 14.2 Å². The molecule has 0 heterocycles. The fourth-order valence-corrected chi connectivity index (χ4v) is 9.21. The number of carbonyl (C=O) groups is 2. The highest BCUT2D eigenvalue weighted by Crippen LogP contribution is 2.37. The summed E-state index contributed by atoms with van der Waals surface area (Å²) < 4.78 is 10.5. The van der Waals surface area contributed by atoms with Crippen LogP contribution in [-0.4, -0.2) is 64.1 Å². The first kappa shape index (κ1) is 40.5. The second-order valence-electron chi connectivity index (χ2n) is 14.3. The molecule has 2 unspecified atom stereocenters. The van der Waals surface area contributed by atoms with E-state index in [1.165, 1.54) is 43.3 Å². The van der Waals surface area contributed by atoms with E-state index in [0.717, 1.165) is 48.4 Å². The maximum absolute atomic E-state index is 11.3. The molecule has 7 heteroatoms. The van der Waals surface area contributed by atoms with Crippen molar-refractivity contribution in [2.75, 3.05) is 44.7 Å². The predicted molar refractivity (Wildman–Crippen MR) is 219 cm³/mol. The maximum atomic E-state index is 11.3. The third-order valence-electron chi connectivity index (χ3n) is 8.24. The molecule has 0 bridgehead atoms. The van der Waals surface area contributed by atoms with Crippen LogP contribution in [0.1, 0.15) is 55.5 Å². The summed E-state index contributed by atoms with van der Waals surface area (Å²) in [6, 6.07) is 29.4. The zero-order valence-electron chi connectivity index (χ0n) is 31.4. The summed E-state index contributed by atoms with van der Waals surface area (Å²) in [6.45, 7) is 10.0. The molecule has 0 radical (unpaired) electrons. The minimum Gasteiger partial charge on any atom is -0.497 e. The molecule has 4 rings (SSSR count). The van der Waals surface area contributed by atoms with Gasteiger partial charge in [-0.25, -0.2) is 0 Å². The third kappa shape index (κ3) is 12.1. The molecule has 2 atom stereocenters. The van der Waals surface area contributed by atoms with E-state index in [1.807, 2.05) is 66.1 Å². The lowest BCUT2D eigenvalue weighted by Crippen LogP contribution is -2.17. The first-order valence-corrected chi connectivity index (χ1v) is 19.8. The summed E-state index contributed by atoms with van der Waals surface area (Å²) >= 11 is 0. The van der Waals surface area contributed by atoms with Gasteiger partial charge in [-0.15, -0.1) is 0 Å². The third-order valence-corrected chi connectivity index (χ3v) is 12.5. The van der Waals surface area contributed by atoms with Crippen LogP contribution in [0.25, 0.3) is 0 Å². The van der Waals surface area contributed by atoms with Crippen molar-refractivity contribution < 1.29 is 19.1 Å². The summed E-state index contributed by atoms with van der Waals surface area (Å²) in [4.78, 5) is 27.2. The predicted octanol–water partition coefficient (Wildman–Crippen LogP) is 9.52. The molecule has 0 aromatic heterocycles. The van der Waals surface area contributed by atoms with Gasteiger partial charge in [-0.2, -0.15) is 21.0 Å². The van der Waals surface area contributed by atoms with Crippen molar-refractivity contribution in [3.63, 3.8) is 0 Å². The number of methoxy groups -OCH3 is 2. The minimum absolute atomic E-state index is 0.208. The molecule has 0 aliphatic carbocycles. The number of aldehydes is 2. The first-order valence-electron chi connectivity index (χ1n) is 16.7. The molecule has 50 heavy (non-hydrogen) atoms. The molecule has 0 amide bonds. The van der Waals surface area contributed by atoms with Crippen molar-refractivity contribution in [1.29, 1.82) is 0 Å². The van der Waals surface area contributed by atoms with Gasteiger partial charge in [0.2, 0.25) is 0 Å². The Morgan fingerprint density at radius 1 is 0.640 bits per heavy atom. The lowest BCUT2D eigenvalue weighted by atomic mass is 9.99. The van der Waals surface area contributed by atoms with Crippen molar-refractivity contribution >= 4 is 51.0 Å². The average Bonchev–Trinajstić information content (AvgIpc) is 3.08. The van der Waals surface area contributed by atoms with Gasteiger partial charge in [0.15, 0.2) is 0 Å². The highest BCUT2D eigenvalue weighted by molar-refractivity contribution is 8.14. The van der Waals surface area contributed by atoms with Crippen molar-refractivity contribution in [3.05, 3.63) is 113 Å². The summed E-state index contributed by atoms with van der Waals surface area (Å²) in [7, 11) is 7.00. The number of hydrogen-bond donors (Lipinski definition) is 0. The largest absolute Gasteiger partial charge is 0.497 e. The van der Waals surface area contributed by atoms with E-state index in [-0.39, 0.29) is 31.8 Å². The van der Waals surface area contributed by atoms with Gasteiger partial charge in [-0.1, -0.05) is 81.4 Å². The summed E-state index contributed by atoms with van der Waals surface area (Å²) in [5.74, 6) is 12.0. The van der Waals surface area contributed by atoms with Crippen molar-refractivity contribution in [3.8, 4) is 11.5 Å². The molecule has 0 fully saturated rings. The number of hydrogen-bond acceptors (Lipinski definition) is 5. The summed E-state index contributed by atoms with van der Waals surface area (Å²) in [5.41, 5.74) is 6.75.